The van der Waals surface area contributed by atoms with Crippen LogP contribution in [0, 0.1) is 17.2 Å². The second-order valence-corrected chi connectivity index (χ2v) is 5.50. The number of nitriles is 1. The fourth-order valence-electron chi connectivity index (χ4n) is 2.95. The predicted octanol–water partition coefficient (Wildman–Crippen LogP) is 1.33. The summed E-state index contributed by atoms with van der Waals surface area (Å²) in [7, 11) is 0. The van der Waals surface area contributed by atoms with Crippen molar-refractivity contribution in [1.29, 1.82) is 5.26 Å². The summed E-state index contributed by atoms with van der Waals surface area (Å²) in [6.07, 6.45) is 3.32. The lowest BCUT2D eigenvalue weighted by Crippen LogP contribution is -2.50. The highest BCUT2D eigenvalue weighted by molar-refractivity contribution is 4.93. The topological polar surface area (TPSA) is 39.5 Å². The van der Waals surface area contributed by atoms with E-state index in [4.69, 9.17) is 4.74 Å². The highest BCUT2D eigenvalue weighted by Gasteiger charge is 2.25. The van der Waals surface area contributed by atoms with Gasteiger partial charge >= 0.3 is 0 Å². The van der Waals surface area contributed by atoms with Gasteiger partial charge in [0.15, 0.2) is 0 Å². The molecule has 0 aromatic heterocycles. The molecule has 2 rings (SSSR count). The van der Waals surface area contributed by atoms with Crippen LogP contribution >= 0.6 is 0 Å². The Morgan fingerprint density at radius 2 is 2.11 bits per heavy atom. The smallest absolute Gasteiger partial charge is 0.0978 e. The summed E-state index contributed by atoms with van der Waals surface area (Å²) in [5, 5.41) is 9.18. The van der Waals surface area contributed by atoms with Gasteiger partial charge in [0.1, 0.15) is 0 Å². The summed E-state index contributed by atoms with van der Waals surface area (Å²) >= 11 is 0. The van der Waals surface area contributed by atoms with Gasteiger partial charge in [-0.1, -0.05) is 13.3 Å². The van der Waals surface area contributed by atoms with E-state index in [0.717, 1.165) is 58.2 Å². The van der Waals surface area contributed by atoms with Gasteiger partial charge in [0.25, 0.3) is 0 Å². The molecule has 2 aliphatic rings. The van der Waals surface area contributed by atoms with E-state index in [1.165, 1.54) is 13.0 Å². The van der Waals surface area contributed by atoms with Crippen LogP contribution in [0.25, 0.3) is 0 Å². The average molecular weight is 251 g/mol. The van der Waals surface area contributed by atoms with Crippen LogP contribution in [0.3, 0.4) is 0 Å². The van der Waals surface area contributed by atoms with Crippen molar-refractivity contribution in [2.45, 2.75) is 32.2 Å². The van der Waals surface area contributed by atoms with Crippen LogP contribution in [0.4, 0.5) is 0 Å². The van der Waals surface area contributed by atoms with Crippen LogP contribution < -0.4 is 0 Å². The Morgan fingerprint density at radius 3 is 2.67 bits per heavy atom. The third-order valence-corrected chi connectivity index (χ3v) is 4.10. The van der Waals surface area contributed by atoms with Gasteiger partial charge in [-0.05, 0) is 18.8 Å². The van der Waals surface area contributed by atoms with Crippen LogP contribution in [0.15, 0.2) is 0 Å². The highest BCUT2D eigenvalue weighted by Crippen LogP contribution is 2.16. The van der Waals surface area contributed by atoms with Crippen molar-refractivity contribution < 1.29 is 4.74 Å². The fraction of sp³-hybridized carbons (Fsp3) is 0.929. The Kier molecular flexibility index (Phi) is 5.43. The maximum atomic E-state index is 9.18. The van der Waals surface area contributed by atoms with Gasteiger partial charge in [-0.2, -0.15) is 5.26 Å². The van der Waals surface area contributed by atoms with Crippen molar-refractivity contribution in [2.24, 2.45) is 5.92 Å². The Labute approximate surface area is 110 Å². The first-order valence-corrected chi connectivity index (χ1v) is 7.27. The van der Waals surface area contributed by atoms with E-state index in [2.05, 4.69) is 22.8 Å². The molecule has 0 aromatic rings. The minimum absolute atomic E-state index is 0.131. The molecule has 2 saturated heterocycles. The van der Waals surface area contributed by atoms with E-state index < -0.39 is 0 Å². The largest absolute Gasteiger partial charge is 0.381 e. The number of rotatable bonds is 5. The fourth-order valence-corrected chi connectivity index (χ4v) is 2.95. The van der Waals surface area contributed by atoms with E-state index in [1.807, 2.05) is 0 Å². The maximum absolute atomic E-state index is 9.18. The normalized spacial score (nSPS) is 28.1. The summed E-state index contributed by atoms with van der Waals surface area (Å²) in [5.74, 6) is 0.735. The summed E-state index contributed by atoms with van der Waals surface area (Å²) in [6.45, 7) is 9.53. The molecule has 0 N–H and O–H groups in total. The third-order valence-electron chi connectivity index (χ3n) is 4.10. The van der Waals surface area contributed by atoms with Crippen molar-refractivity contribution in [3.63, 3.8) is 0 Å². The molecule has 0 amide bonds. The SMILES string of the molecule is CCCC(C#N)N1CCN(CC2CCOC2)CC1. The van der Waals surface area contributed by atoms with Gasteiger partial charge < -0.3 is 9.64 Å². The standard InChI is InChI=1S/C14H25N3O/c1-2-3-14(10-15)17-7-5-16(6-8-17)11-13-4-9-18-12-13/h13-14H,2-9,11-12H2,1H3. The van der Waals surface area contributed by atoms with E-state index in [1.54, 1.807) is 0 Å². The summed E-state index contributed by atoms with van der Waals surface area (Å²) < 4.78 is 5.43. The van der Waals surface area contributed by atoms with Crippen molar-refractivity contribution in [3.05, 3.63) is 0 Å². The number of nitrogens with zero attached hydrogens (tertiary/aromatic N) is 3. The first-order valence-electron chi connectivity index (χ1n) is 7.27. The number of ether oxygens (including phenoxy) is 1. The average Bonchev–Trinajstić information content (AvgIpc) is 2.90. The molecule has 2 atom stereocenters. The lowest BCUT2D eigenvalue weighted by atomic mass is 10.1. The van der Waals surface area contributed by atoms with Crippen LogP contribution in [-0.4, -0.2) is 61.8 Å². The zero-order chi connectivity index (χ0) is 12.8. The van der Waals surface area contributed by atoms with Crippen LogP contribution in [0.1, 0.15) is 26.2 Å². The Hall–Kier alpha value is -0.630. The second-order valence-electron chi connectivity index (χ2n) is 5.50. The number of piperazine rings is 1. The minimum Gasteiger partial charge on any atom is -0.381 e. The summed E-state index contributed by atoms with van der Waals surface area (Å²) in [4.78, 5) is 4.89. The van der Waals surface area contributed by atoms with Gasteiger partial charge in [-0.15, -0.1) is 0 Å². The molecule has 4 heteroatoms. The quantitative estimate of drug-likeness (QED) is 0.739. The highest BCUT2D eigenvalue weighted by atomic mass is 16.5. The molecule has 0 aliphatic carbocycles. The molecule has 0 spiro atoms. The van der Waals surface area contributed by atoms with E-state index in [0.29, 0.717) is 0 Å². The predicted molar refractivity (Wildman–Crippen MR) is 71.2 cm³/mol. The zero-order valence-corrected chi connectivity index (χ0v) is 11.5. The molecule has 2 fully saturated rings. The van der Waals surface area contributed by atoms with Gasteiger partial charge in [0, 0.05) is 39.3 Å². The Bertz CT molecular complexity index is 275. The van der Waals surface area contributed by atoms with Crippen molar-refractivity contribution >= 4 is 0 Å². The maximum Gasteiger partial charge on any atom is 0.0978 e. The number of hydrogen-bond acceptors (Lipinski definition) is 4. The molecule has 0 radical (unpaired) electrons. The molecule has 4 nitrogen and oxygen atoms in total. The Morgan fingerprint density at radius 1 is 1.33 bits per heavy atom. The van der Waals surface area contributed by atoms with Crippen molar-refractivity contribution in [3.8, 4) is 6.07 Å². The Balaban J connectivity index is 1.71. The third kappa shape index (κ3) is 3.68. The summed E-state index contributed by atoms with van der Waals surface area (Å²) in [6, 6.07) is 2.58. The van der Waals surface area contributed by atoms with Gasteiger partial charge in [-0.25, -0.2) is 0 Å². The summed E-state index contributed by atoms with van der Waals surface area (Å²) in [5.41, 5.74) is 0. The van der Waals surface area contributed by atoms with E-state index in [-0.39, 0.29) is 6.04 Å². The van der Waals surface area contributed by atoms with E-state index >= 15 is 0 Å². The molecule has 102 valence electrons. The molecule has 18 heavy (non-hydrogen) atoms. The molecule has 2 heterocycles. The lowest BCUT2D eigenvalue weighted by molar-refractivity contribution is 0.0945. The van der Waals surface area contributed by atoms with Crippen molar-refractivity contribution in [2.75, 3.05) is 45.9 Å². The molecule has 2 aliphatic heterocycles. The first kappa shape index (κ1) is 13.8. The lowest BCUT2D eigenvalue weighted by Gasteiger charge is -2.37. The van der Waals surface area contributed by atoms with Crippen LogP contribution in [0.5, 0.6) is 0 Å². The molecule has 0 saturated carbocycles. The monoisotopic (exact) mass is 251 g/mol. The van der Waals surface area contributed by atoms with Crippen molar-refractivity contribution in [1.82, 2.24) is 9.80 Å². The second kappa shape index (κ2) is 7.08. The first-order chi connectivity index (χ1) is 8.83. The van der Waals surface area contributed by atoms with Gasteiger partial charge in [-0.3, -0.25) is 4.90 Å². The minimum atomic E-state index is 0.131. The molecule has 2 unspecified atom stereocenters. The molecular weight excluding hydrogens is 226 g/mol. The van der Waals surface area contributed by atoms with E-state index in [9.17, 15) is 5.26 Å². The number of hydrogen-bond donors (Lipinski definition) is 0. The molecule has 0 aromatic carbocycles. The zero-order valence-electron chi connectivity index (χ0n) is 11.5. The molecular formula is C14H25N3O. The van der Waals surface area contributed by atoms with Gasteiger partial charge in [0.05, 0.1) is 18.7 Å². The van der Waals surface area contributed by atoms with Crippen LogP contribution in [-0.2, 0) is 4.74 Å². The van der Waals surface area contributed by atoms with Gasteiger partial charge in [0.2, 0.25) is 0 Å². The van der Waals surface area contributed by atoms with Crippen LogP contribution in [0.2, 0.25) is 0 Å². The molecule has 0 bridgehead atoms.